The first-order valence-electron chi connectivity index (χ1n) is 24.9. The molecular formula is C59H64N2O10. The first-order valence-corrected chi connectivity index (χ1v) is 24.9. The van der Waals surface area contributed by atoms with Crippen LogP contribution >= 0.6 is 0 Å². The highest BCUT2D eigenvalue weighted by atomic mass is 16.7. The van der Waals surface area contributed by atoms with E-state index in [0.717, 1.165) is 59.1 Å². The van der Waals surface area contributed by atoms with Crippen LogP contribution in [0.1, 0.15) is 74.0 Å². The molecule has 0 aromatic heterocycles. The average molecular weight is 961 g/mol. The van der Waals surface area contributed by atoms with Gasteiger partial charge in [-0.2, -0.15) is 0 Å². The minimum absolute atomic E-state index is 0.0100. The molecule has 12 heteroatoms. The molecule has 370 valence electrons. The third kappa shape index (κ3) is 11.1. The lowest BCUT2D eigenvalue weighted by Gasteiger charge is -2.59. The van der Waals surface area contributed by atoms with E-state index >= 15 is 0 Å². The number of amides is 1. The van der Waals surface area contributed by atoms with Crippen molar-refractivity contribution in [1.82, 2.24) is 4.90 Å². The van der Waals surface area contributed by atoms with Gasteiger partial charge in [0, 0.05) is 37.7 Å². The van der Waals surface area contributed by atoms with E-state index in [1.165, 1.54) is 0 Å². The molecule has 2 aliphatic carbocycles. The van der Waals surface area contributed by atoms with Gasteiger partial charge < -0.3 is 43.5 Å². The molecule has 5 aromatic carbocycles. The van der Waals surface area contributed by atoms with Gasteiger partial charge in [0.15, 0.2) is 11.5 Å². The molecular weight excluding hydrogens is 897 g/mol. The van der Waals surface area contributed by atoms with Gasteiger partial charge in [-0.15, -0.1) is 13.2 Å². The largest absolute Gasteiger partial charge is 0.459 e. The number of carbonyl (C=O) groups is 1. The number of fused-ring (bicyclic) bond motifs is 3. The maximum atomic E-state index is 14.9. The number of unbranched alkanes of at least 4 members (excludes halogenated alkanes) is 2. The Labute approximate surface area is 416 Å². The molecule has 1 saturated carbocycles. The second kappa shape index (κ2) is 23.4. The molecule has 0 unspecified atom stereocenters. The number of rotatable bonds is 23. The molecule has 0 spiro atoms. The molecule has 1 fully saturated rings. The number of aliphatic hydroxyl groups excluding tert-OH is 2. The fourth-order valence-electron chi connectivity index (χ4n) is 10.8. The lowest BCUT2D eigenvalue weighted by molar-refractivity contribution is -0.256. The minimum atomic E-state index is -1.51. The van der Waals surface area contributed by atoms with Crippen LogP contribution in [-0.4, -0.2) is 72.0 Å². The van der Waals surface area contributed by atoms with E-state index in [1.54, 1.807) is 17.1 Å². The van der Waals surface area contributed by atoms with Gasteiger partial charge in [0.2, 0.25) is 12.6 Å². The summed E-state index contributed by atoms with van der Waals surface area (Å²) in [5.74, 6) is 0.889. The predicted molar refractivity (Wildman–Crippen MR) is 272 cm³/mol. The van der Waals surface area contributed by atoms with E-state index in [-0.39, 0.29) is 70.5 Å². The van der Waals surface area contributed by atoms with E-state index in [0.29, 0.717) is 53.7 Å². The van der Waals surface area contributed by atoms with Crippen LogP contribution in [0, 0.1) is 17.8 Å². The number of benzene rings is 5. The number of ether oxygens (including phenoxy) is 6. The highest BCUT2D eigenvalue weighted by molar-refractivity contribution is 6.03. The average Bonchev–Trinajstić information content (AvgIpc) is 3.88. The molecule has 2 N–H and O–H groups in total. The number of hydrogen-bond donors (Lipinski definition) is 2. The van der Waals surface area contributed by atoms with Crippen LogP contribution < -0.4 is 18.9 Å². The number of nitrogens with zero attached hydrogens (tertiary/aromatic N) is 2. The van der Waals surface area contributed by atoms with E-state index in [1.807, 2.05) is 91.0 Å². The van der Waals surface area contributed by atoms with Crippen LogP contribution in [0.25, 0.3) is 11.1 Å². The van der Waals surface area contributed by atoms with Gasteiger partial charge in [-0.1, -0.05) is 115 Å². The normalized spacial score (nSPS) is 22.0. The van der Waals surface area contributed by atoms with E-state index in [9.17, 15) is 15.0 Å². The Morgan fingerprint density at radius 1 is 0.775 bits per heavy atom. The lowest BCUT2D eigenvalue weighted by Crippen LogP contribution is -2.70. The molecule has 4 aliphatic rings. The SMILES string of the molecule is C=CCCOC(=O)N(Cc1ccc2c(c1)OCO2)[C@H]1CC(=NOCc2ccccc2)C2=C[C@H](CCCCO)[C@@H](CCCCO)[C@@H]3c4cc(Oc5ccc(-c6ccccc6)cc5)ccc4O[C@@]1(OCC=C)[C@H]23. The Hall–Kier alpha value is -6.86. The monoisotopic (exact) mass is 960 g/mol. The quantitative estimate of drug-likeness (QED) is 0.0370. The van der Waals surface area contributed by atoms with Gasteiger partial charge in [-0.3, -0.25) is 4.90 Å². The van der Waals surface area contributed by atoms with E-state index in [4.69, 9.17) is 38.4 Å². The Kier molecular flexibility index (Phi) is 16.2. The summed E-state index contributed by atoms with van der Waals surface area (Å²) >= 11 is 0. The topological polar surface area (TPSA) is 138 Å². The molecule has 6 atom stereocenters. The fourth-order valence-corrected chi connectivity index (χ4v) is 10.8. The van der Waals surface area contributed by atoms with Crippen molar-refractivity contribution in [2.24, 2.45) is 22.9 Å². The summed E-state index contributed by atoms with van der Waals surface area (Å²) in [6.45, 7) is 8.80. The van der Waals surface area contributed by atoms with E-state index in [2.05, 4.69) is 49.6 Å². The lowest BCUT2D eigenvalue weighted by atomic mass is 9.55. The zero-order valence-electron chi connectivity index (χ0n) is 40.2. The van der Waals surface area contributed by atoms with E-state index < -0.39 is 23.8 Å². The van der Waals surface area contributed by atoms with Crippen molar-refractivity contribution < 1.29 is 48.3 Å². The standard InChI is InChI=1S/C59H64N2O10/c1-3-5-33-65-58(64)61(38-42-22-28-53-54(34-42)67-40-66-53)55-37-51(60-69-39-41-16-8-6-9-17-41)49-35-45(20-12-14-30-62)48(21-13-15-31-63)56-50-36-47(27-29-52(50)71-59(55,57(49)56)68-32-4-2)70-46-25-23-44(24-26-46)43-18-10-7-11-19-43/h3-4,6-11,16-19,22-29,34-36,45,48,55-57,62-63H,1-2,5,12-15,20-21,30-33,37-40H2/t45-,48+,55-,56+,57+,59+/m0/s1. The Bertz CT molecular complexity index is 2650. The third-order valence-electron chi connectivity index (χ3n) is 14.0. The molecule has 12 nitrogen and oxygen atoms in total. The van der Waals surface area contributed by atoms with Crippen LogP contribution in [-0.2, 0) is 27.5 Å². The molecule has 71 heavy (non-hydrogen) atoms. The van der Waals surface area contributed by atoms with Crippen molar-refractivity contribution in [2.45, 2.75) is 82.3 Å². The fraction of sp³-hybridized carbons (Fsp3) is 0.356. The van der Waals surface area contributed by atoms with Crippen LogP contribution in [0.5, 0.6) is 28.7 Å². The first-order chi connectivity index (χ1) is 34.9. The Morgan fingerprint density at radius 2 is 1.49 bits per heavy atom. The predicted octanol–water partition coefficient (Wildman–Crippen LogP) is 11.9. The Morgan fingerprint density at radius 3 is 2.25 bits per heavy atom. The van der Waals surface area contributed by atoms with Gasteiger partial charge in [0.25, 0.3) is 0 Å². The van der Waals surface area contributed by atoms with Crippen molar-refractivity contribution in [2.75, 3.05) is 33.2 Å². The zero-order chi connectivity index (χ0) is 49.0. The minimum Gasteiger partial charge on any atom is -0.459 e. The van der Waals surface area contributed by atoms with Crippen LogP contribution in [0.15, 0.2) is 163 Å². The van der Waals surface area contributed by atoms with Crippen LogP contribution in [0.2, 0.25) is 0 Å². The van der Waals surface area contributed by atoms with Gasteiger partial charge in [-0.25, -0.2) is 4.79 Å². The van der Waals surface area contributed by atoms with Crippen molar-refractivity contribution in [1.29, 1.82) is 0 Å². The number of aliphatic hydroxyl groups is 2. The smallest absolute Gasteiger partial charge is 0.410 e. The second-order valence-corrected chi connectivity index (χ2v) is 18.5. The van der Waals surface area contributed by atoms with Crippen molar-refractivity contribution >= 4 is 11.8 Å². The third-order valence-corrected chi connectivity index (χ3v) is 14.0. The van der Waals surface area contributed by atoms with Gasteiger partial charge in [0.05, 0.1) is 24.8 Å². The molecule has 0 radical (unpaired) electrons. The van der Waals surface area contributed by atoms with Crippen molar-refractivity contribution in [3.8, 4) is 39.9 Å². The number of carbonyl (C=O) groups excluding carboxylic acids is 1. The highest BCUT2D eigenvalue weighted by Gasteiger charge is 2.65. The van der Waals surface area contributed by atoms with Crippen LogP contribution in [0.4, 0.5) is 4.79 Å². The zero-order valence-corrected chi connectivity index (χ0v) is 40.2. The molecule has 0 saturated heterocycles. The van der Waals surface area contributed by atoms with Gasteiger partial charge in [-0.05, 0) is 114 Å². The highest BCUT2D eigenvalue weighted by Crippen LogP contribution is 2.62. The Balaban J connectivity index is 1.21. The van der Waals surface area contributed by atoms with Gasteiger partial charge in [0.1, 0.15) is 29.9 Å². The molecule has 0 bridgehead atoms. The van der Waals surface area contributed by atoms with Gasteiger partial charge >= 0.3 is 6.09 Å². The molecule has 2 aliphatic heterocycles. The molecule has 2 heterocycles. The van der Waals surface area contributed by atoms with Crippen LogP contribution in [0.3, 0.4) is 0 Å². The maximum Gasteiger partial charge on any atom is 0.410 e. The maximum absolute atomic E-state index is 14.9. The summed E-state index contributed by atoms with van der Waals surface area (Å²) in [5.41, 5.74) is 6.49. The number of hydrogen-bond acceptors (Lipinski definition) is 11. The van der Waals surface area contributed by atoms with Crippen molar-refractivity contribution in [3.05, 3.63) is 175 Å². The first kappa shape index (κ1) is 49.1. The molecule has 5 aromatic rings. The summed E-state index contributed by atoms with van der Waals surface area (Å²) in [6.07, 6.45) is 10.3. The second-order valence-electron chi connectivity index (χ2n) is 18.5. The number of allylic oxidation sites excluding steroid dienone is 1. The summed E-state index contributed by atoms with van der Waals surface area (Å²) < 4.78 is 38.9. The molecule has 9 rings (SSSR count). The number of oxime groups is 1. The summed E-state index contributed by atoms with van der Waals surface area (Å²) in [7, 11) is 0. The van der Waals surface area contributed by atoms with Crippen molar-refractivity contribution in [3.63, 3.8) is 0 Å². The summed E-state index contributed by atoms with van der Waals surface area (Å²) in [6, 6.07) is 39.0. The summed E-state index contributed by atoms with van der Waals surface area (Å²) in [5, 5.41) is 25.2. The molecule has 1 amide bonds. The summed E-state index contributed by atoms with van der Waals surface area (Å²) in [4.78, 5) is 23.0.